The molecule has 4 nitrogen and oxygen atoms in total. The van der Waals surface area contributed by atoms with Gasteiger partial charge in [-0.05, 0) is 19.1 Å². The molecule has 0 saturated carbocycles. The summed E-state index contributed by atoms with van der Waals surface area (Å²) in [6.45, 7) is 1.90. The molecule has 2 heterocycles. The molecule has 0 amide bonds. The minimum absolute atomic E-state index is 0.0216. The Hall–Kier alpha value is -1.84. The zero-order valence-corrected chi connectivity index (χ0v) is 8.69. The zero-order chi connectivity index (χ0) is 11.0. The molecule has 78 valence electrons. The molecule has 0 aliphatic carbocycles. The molecule has 0 aromatic carbocycles. The van der Waals surface area contributed by atoms with Crippen LogP contribution >= 0.6 is 0 Å². The first kappa shape index (κ1) is 9.71. The van der Waals surface area contributed by atoms with Gasteiger partial charge in [-0.25, -0.2) is 0 Å². The van der Waals surface area contributed by atoms with Gasteiger partial charge in [-0.2, -0.15) is 0 Å². The predicted octanol–water partition coefficient (Wildman–Crippen LogP) is 1.51. The highest BCUT2D eigenvalue weighted by Crippen LogP contribution is 2.19. The van der Waals surface area contributed by atoms with E-state index in [0.717, 1.165) is 22.3 Å². The van der Waals surface area contributed by atoms with Crippen LogP contribution in [0.2, 0.25) is 0 Å². The summed E-state index contributed by atoms with van der Waals surface area (Å²) in [6.07, 6.45) is 1.85. The molecule has 0 saturated heterocycles. The van der Waals surface area contributed by atoms with E-state index in [1.54, 1.807) is 0 Å². The Morgan fingerprint density at radius 2 is 2.27 bits per heavy atom. The SMILES string of the molecule is Cc1ccc2c(n1)c(CC(=O)O)cn2C. The van der Waals surface area contributed by atoms with Crippen molar-refractivity contribution in [2.75, 3.05) is 0 Å². The predicted molar refractivity (Wildman–Crippen MR) is 56.8 cm³/mol. The van der Waals surface area contributed by atoms with Crippen molar-refractivity contribution in [1.29, 1.82) is 0 Å². The molecule has 2 aromatic rings. The van der Waals surface area contributed by atoms with Gasteiger partial charge in [-0.1, -0.05) is 0 Å². The molecular weight excluding hydrogens is 192 g/mol. The van der Waals surface area contributed by atoms with Gasteiger partial charge in [0, 0.05) is 24.5 Å². The first-order valence-corrected chi connectivity index (χ1v) is 4.71. The molecule has 2 rings (SSSR count). The number of aromatic nitrogens is 2. The molecule has 0 unspecified atom stereocenters. The van der Waals surface area contributed by atoms with Crippen LogP contribution in [0.25, 0.3) is 11.0 Å². The highest BCUT2D eigenvalue weighted by Gasteiger charge is 2.10. The van der Waals surface area contributed by atoms with Gasteiger partial charge >= 0.3 is 5.97 Å². The molecule has 4 heteroatoms. The lowest BCUT2D eigenvalue weighted by Gasteiger charge is -1.96. The average Bonchev–Trinajstić information content (AvgIpc) is 2.42. The highest BCUT2D eigenvalue weighted by atomic mass is 16.4. The number of hydrogen-bond acceptors (Lipinski definition) is 2. The number of carboxylic acid groups (broad SMARTS) is 1. The summed E-state index contributed by atoms with van der Waals surface area (Å²) in [5.74, 6) is -0.828. The number of aliphatic carboxylic acids is 1. The fraction of sp³-hybridized carbons (Fsp3) is 0.273. The summed E-state index contributed by atoms with van der Waals surface area (Å²) in [5.41, 5.74) is 3.43. The lowest BCUT2D eigenvalue weighted by molar-refractivity contribution is -0.136. The van der Waals surface area contributed by atoms with Crippen molar-refractivity contribution >= 4 is 17.0 Å². The molecule has 2 aromatic heterocycles. The fourth-order valence-corrected chi connectivity index (χ4v) is 1.73. The number of carbonyl (C=O) groups is 1. The van der Waals surface area contributed by atoms with Gasteiger partial charge in [0.25, 0.3) is 0 Å². The Balaban J connectivity index is 2.64. The number of hydrogen-bond donors (Lipinski definition) is 1. The standard InChI is InChI=1S/C11H12N2O2/c1-7-3-4-9-11(12-7)8(5-10(14)15)6-13(9)2/h3-4,6H,5H2,1-2H3,(H,14,15). The van der Waals surface area contributed by atoms with Crippen molar-refractivity contribution in [3.8, 4) is 0 Å². The number of nitrogens with zero attached hydrogens (tertiary/aromatic N) is 2. The van der Waals surface area contributed by atoms with Crippen LogP contribution < -0.4 is 0 Å². The third-order valence-electron chi connectivity index (χ3n) is 2.39. The Kier molecular flexibility index (Phi) is 2.19. The summed E-state index contributed by atoms with van der Waals surface area (Å²) in [4.78, 5) is 15.0. The van der Waals surface area contributed by atoms with Crippen molar-refractivity contribution < 1.29 is 9.90 Å². The smallest absolute Gasteiger partial charge is 0.307 e. The fourth-order valence-electron chi connectivity index (χ4n) is 1.73. The third-order valence-corrected chi connectivity index (χ3v) is 2.39. The van der Waals surface area contributed by atoms with Crippen LogP contribution in [0.15, 0.2) is 18.3 Å². The highest BCUT2D eigenvalue weighted by molar-refractivity contribution is 5.84. The monoisotopic (exact) mass is 204 g/mol. The maximum absolute atomic E-state index is 10.7. The normalized spacial score (nSPS) is 10.8. The summed E-state index contributed by atoms with van der Waals surface area (Å²) in [6, 6.07) is 3.88. The van der Waals surface area contributed by atoms with Gasteiger partial charge in [0.1, 0.15) is 0 Å². The van der Waals surface area contributed by atoms with Crippen LogP contribution in [0, 0.1) is 6.92 Å². The van der Waals surface area contributed by atoms with E-state index in [9.17, 15) is 4.79 Å². The molecular formula is C11H12N2O2. The zero-order valence-electron chi connectivity index (χ0n) is 8.69. The Bertz CT molecular complexity index is 529. The van der Waals surface area contributed by atoms with Crippen LogP contribution in [0.5, 0.6) is 0 Å². The largest absolute Gasteiger partial charge is 0.481 e. The second-order valence-corrected chi connectivity index (χ2v) is 3.66. The van der Waals surface area contributed by atoms with Gasteiger partial charge in [0.05, 0.1) is 17.5 Å². The maximum Gasteiger partial charge on any atom is 0.307 e. The molecule has 0 radical (unpaired) electrons. The topological polar surface area (TPSA) is 55.1 Å². The third kappa shape index (κ3) is 1.70. The minimum Gasteiger partial charge on any atom is -0.481 e. The minimum atomic E-state index is -0.828. The lowest BCUT2D eigenvalue weighted by Crippen LogP contribution is -1.99. The van der Waals surface area contributed by atoms with Gasteiger partial charge in [-0.3, -0.25) is 9.78 Å². The molecule has 0 atom stereocenters. The quantitative estimate of drug-likeness (QED) is 0.806. The second-order valence-electron chi connectivity index (χ2n) is 3.66. The molecule has 0 spiro atoms. The molecule has 15 heavy (non-hydrogen) atoms. The Morgan fingerprint density at radius 3 is 2.93 bits per heavy atom. The van der Waals surface area contributed by atoms with Crippen molar-refractivity contribution in [1.82, 2.24) is 9.55 Å². The van der Waals surface area contributed by atoms with Crippen molar-refractivity contribution in [2.45, 2.75) is 13.3 Å². The van der Waals surface area contributed by atoms with Crippen molar-refractivity contribution in [2.24, 2.45) is 7.05 Å². The van der Waals surface area contributed by atoms with Crippen LogP contribution in [-0.4, -0.2) is 20.6 Å². The molecule has 0 bridgehead atoms. The maximum atomic E-state index is 10.7. The van der Waals surface area contributed by atoms with E-state index >= 15 is 0 Å². The second kappa shape index (κ2) is 3.38. The van der Waals surface area contributed by atoms with Crippen LogP contribution in [0.4, 0.5) is 0 Å². The van der Waals surface area contributed by atoms with Gasteiger partial charge in [0.15, 0.2) is 0 Å². The molecule has 0 aliphatic rings. The van der Waals surface area contributed by atoms with Crippen LogP contribution in [0.1, 0.15) is 11.3 Å². The summed E-state index contributed by atoms with van der Waals surface area (Å²) < 4.78 is 1.90. The number of pyridine rings is 1. The first-order chi connectivity index (χ1) is 7.08. The number of carboxylic acids is 1. The summed E-state index contributed by atoms with van der Waals surface area (Å²) >= 11 is 0. The van der Waals surface area contributed by atoms with Crippen molar-refractivity contribution in [3.63, 3.8) is 0 Å². The summed E-state index contributed by atoms with van der Waals surface area (Å²) in [5, 5.41) is 8.77. The van der Waals surface area contributed by atoms with E-state index in [0.29, 0.717) is 0 Å². The van der Waals surface area contributed by atoms with E-state index in [2.05, 4.69) is 4.98 Å². The van der Waals surface area contributed by atoms with Gasteiger partial charge in [0.2, 0.25) is 0 Å². The average molecular weight is 204 g/mol. The van der Waals surface area contributed by atoms with E-state index in [1.807, 2.05) is 36.9 Å². The van der Waals surface area contributed by atoms with Crippen LogP contribution in [0.3, 0.4) is 0 Å². The van der Waals surface area contributed by atoms with Gasteiger partial charge in [-0.15, -0.1) is 0 Å². The lowest BCUT2D eigenvalue weighted by atomic mass is 10.2. The molecule has 0 fully saturated rings. The van der Waals surface area contributed by atoms with Crippen molar-refractivity contribution in [3.05, 3.63) is 29.6 Å². The van der Waals surface area contributed by atoms with E-state index in [1.165, 1.54) is 0 Å². The van der Waals surface area contributed by atoms with E-state index < -0.39 is 5.97 Å². The number of fused-ring (bicyclic) bond motifs is 1. The summed E-state index contributed by atoms with van der Waals surface area (Å²) in [7, 11) is 1.89. The first-order valence-electron chi connectivity index (χ1n) is 4.71. The number of aryl methyl sites for hydroxylation is 2. The van der Waals surface area contributed by atoms with Gasteiger partial charge < -0.3 is 9.67 Å². The molecule has 1 N–H and O–H groups in total. The number of rotatable bonds is 2. The van der Waals surface area contributed by atoms with Crippen LogP contribution in [-0.2, 0) is 18.3 Å². The Morgan fingerprint density at radius 1 is 1.53 bits per heavy atom. The van der Waals surface area contributed by atoms with E-state index in [-0.39, 0.29) is 6.42 Å². The van der Waals surface area contributed by atoms with E-state index in [4.69, 9.17) is 5.11 Å². The Labute approximate surface area is 87.2 Å². The molecule has 0 aliphatic heterocycles.